The summed E-state index contributed by atoms with van der Waals surface area (Å²) in [6.07, 6.45) is -3.50. The molecule has 1 amide bonds. The molecule has 1 unspecified atom stereocenters. The number of carbonyl (C=O) groups is 1. The van der Waals surface area contributed by atoms with Gasteiger partial charge in [0.05, 0.1) is 5.56 Å². The Bertz CT molecular complexity index is 492. The maximum atomic E-state index is 12.8. The summed E-state index contributed by atoms with van der Waals surface area (Å²) in [5.74, 6) is -0.180. The lowest BCUT2D eigenvalue weighted by Gasteiger charge is -2.15. The van der Waals surface area contributed by atoms with Gasteiger partial charge in [0.15, 0.2) is 0 Å². The van der Waals surface area contributed by atoms with E-state index in [1.807, 2.05) is 13.8 Å². The quantitative estimate of drug-likeness (QED) is 0.792. The zero-order chi connectivity index (χ0) is 16.0. The largest absolute Gasteiger partial charge is 0.418 e. The number of rotatable bonds is 6. The zero-order valence-electron chi connectivity index (χ0n) is 11.9. The summed E-state index contributed by atoms with van der Waals surface area (Å²) < 4.78 is 39.1. The van der Waals surface area contributed by atoms with Crippen LogP contribution in [0.15, 0.2) is 22.7 Å². The Morgan fingerprint density at radius 2 is 2.05 bits per heavy atom. The van der Waals surface area contributed by atoms with E-state index in [1.54, 1.807) is 0 Å². The number of halogens is 4. The lowest BCUT2D eigenvalue weighted by Crippen LogP contribution is -2.33. The zero-order valence-corrected chi connectivity index (χ0v) is 13.4. The van der Waals surface area contributed by atoms with E-state index in [9.17, 15) is 18.0 Å². The normalized spacial score (nSPS) is 12.9. The maximum absolute atomic E-state index is 12.8. The third kappa shape index (κ3) is 5.95. The first-order chi connectivity index (χ1) is 9.74. The first-order valence-corrected chi connectivity index (χ1v) is 7.43. The second-order valence-corrected chi connectivity index (χ2v) is 5.66. The number of hydrogen-bond donors (Lipinski definition) is 2. The maximum Gasteiger partial charge on any atom is 0.418 e. The van der Waals surface area contributed by atoms with E-state index < -0.39 is 11.7 Å². The number of anilines is 1. The highest BCUT2D eigenvalue weighted by Gasteiger charge is 2.33. The van der Waals surface area contributed by atoms with E-state index in [2.05, 4.69) is 26.6 Å². The number of carbonyl (C=O) groups excluding carboxylic acids is 1. The van der Waals surface area contributed by atoms with Gasteiger partial charge >= 0.3 is 6.18 Å². The summed E-state index contributed by atoms with van der Waals surface area (Å²) in [7, 11) is 0. The number of hydrogen-bond acceptors (Lipinski definition) is 2. The van der Waals surface area contributed by atoms with E-state index >= 15 is 0 Å². The molecule has 0 bridgehead atoms. The van der Waals surface area contributed by atoms with Crippen LogP contribution in [0.25, 0.3) is 0 Å². The summed E-state index contributed by atoms with van der Waals surface area (Å²) in [5.41, 5.74) is -0.777. The fourth-order valence-corrected chi connectivity index (χ4v) is 2.03. The second-order valence-electron chi connectivity index (χ2n) is 4.74. The molecule has 1 aromatic rings. The molecule has 0 aliphatic heterocycles. The summed E-state index contributed by atoms with van der Waals surface area (Å²) in [5, 5.41) is 5.43. The van der Waals surface area contributed by atoms with Crippen LogP contribution in [0.5, 0.6) is 0 Å². The van der Waals surface area contributed by atoms with E-state index in [-0.39, 0.29) is 30.6 Å². The average molecular weight is 367 g/mol. The highest BCUT2D eigenvalue weighted by atomic mass is 79.9. The van der Waals surface area contributed by atoms with Crippen LogP contribution in [-0.4, -0.2) is 18.5 Å². The van der Waals surface area contributed by atoms with E-state index in [1.165, 1.54) is 12.1 Å². The van der Waals surface area contributed by atoms with E-state index in [4.69, 9.17) is 0 Å². The number of alkyl halides is 3. The van der Waals surface area contributed by atoms with Crippen molar-refractivity contribution < 1.29 is 18.0 Å². The van der Waals surface area contributed by atoms with Gasteiger partial charge in [-0.05, 0) is 31.5 Å². The van der Waals surface area contributed by atoms with Gasteiger partial charge in [-0.15, -0.1) is 0 Å². The van der Waals surface area contributed by atoms with Crippen LogP contribution >= 0.6 is 15.9 Å². The van der Waals surface area contributed by atoms with Crippen LogP contribution < -0.4 is 10.6 Å². The van der Waals surface area contributed by atoms with Crippen LogP contribution in [-0.2, 0) is 11.0 Å². The molecule has 118 valence electrons. The highest BCUT2D eigenvalue weighted by molar-refractivity contribution is 9.10. The van der Waals surface area contributed by atoms with Crippen molar-refractivity contribution >= 4 is 27.5 Å². The Morgan fingerprint density at radius 1 is 1.38 bits per heavy atom. The lowest BCUT2D eigenvalue weighted by molar-refractivity contribution is -0.137. The Hall–Kier alpha value is -1.24. The molecular weight excluding hydrogens is 349 g/mol. The van der Waals surface area contributed by atoms with Crippen LogP contribution in [0.2, 0.25) is 0 Å². The topological polar surface area (TPSA) is 41.1 Å². The third-order valence-corrected chi connectivity index (χ3v) is 3.47. The van der Waals surface area contributed by atoms with E-state index in [0.717, 1.165) is 12.5 Å². The van der Waals surface area contributed by atoms with Crippen molar-refractivity contribution in [2.45, 2.75) is 38.9 Å². The molecule has 7 heteroatoms. The molecule has 0 aliphatic carbocycles. The molecule has 3 nitrogen and oxygen atoms in total. The molecule has 0 saturated heterocycles. The fraction of sp³-hybridized carbons (Fsp3) is 0.500. The van der Waals surface area contributed by atoms with Crippen molar-refractivity contribution in [2.24, 2.45) is 0 Å². The van der Waals surface area contributed by atoms with Gasteiger partial charge in [-0.1, -0.05) is 22.9 Å². The fourth-order valence-electron chi connectivity index (χ4n) is 1.67. The molecule has 0 heterocycles. The smallest absolute Gasteiger partial charge is 0.384 e. The minimum atomic E-state index is -4.43. The van der Waals surface area contributed by atoms with Gasteiger partial charge < -0.3 is 10.6 Å². The SMILES string of the molecule is CCC(C)NC(=O)CCNc1cc(Br)ccc1C(F)(F)F. The van der Waals surface area contributed by atoms with Crippen molar-refractivity contribution in [3.05, 3.63) is 28.2 Å². The molecular formula is C14H18BrF3N2O. The van der Waals surface area contributed by atoms with Crippen molar-refractivity contribution in [3.8, 4) is 0 Å². The summed E-state index contributed by atoms with van der Waals surface area (Å²) in [4.78, 5) is 11.6. The van der Waals surface area contributed by atoms with Crippen LogP contribution in [0, 0.1) is 0 Å². The van der Waals surface area contributed by atoms with Crippen molar-refractivity contribution in [3.63, 3.8) is 0 Å². The van der Waals surface area contributed by atoms with Gasteiger partial charge in [-0.25, -0.2) is 0 Å². The summed E-state index contributed by atoms with van der Waals surface area (Å²) >= 11 is 3.14. The first-order valence-electron chi connectivity index (χ1n) is 6.64. The van der Waals surface area contributed by atoms with Gasteiger partial charge in [0.1, 0.15) is 0 Å². The predicted octanol–water partition coefficient (Wildman–Crippen LogP) is 4.18. The van der Waals surface area contributed by atoms with Crippen LogP contribution in [0.4, 0.5) is 18.9 Å². The molecule has 1 rings (SSSR count). The Morgan fingerprint density at radius 3 is 2.62 bits per heavy atom. The van der Waals surface area contributed by atoms with Gasteiger partial charge in [0, 0.05) is 29.2 Å². The molecule has 0 aliphatic rings. The van der Waals surface area contributed by atoms with Gasteiger partial charge in [0.2, 0.25) is 5.91 Å². The first kappa shape index (κ1) is 17.8. The van der Waals surface area contributed by atoms with Crippen molar-refractivity contribution in [1.29, 1.82) is 0 Å². The van der Waals surface area contributed by atoms with Crippen molar-refractivity contribution in [2.75, 3.05) is 11.9 Å². The van der Waals surface area contributed by atoms with Crippen LogP contribution in [0.3, 0.4) is 0 Å². The highest BCUT2D eigenvalue weighted by Crippen LogP contribution is 2.36. The third-order valence-electron chi connectivity index (χ3n) is 2.97. The van der Waals surface area contributed by atoms with Crippen LogP contribution in [0.1, 0.15) is 32.3 Å². The standard InChI is InChI=1S/C14H18BrF3N2O/c1-3-9(2)20-13(21)6-7-19-12-8-10(15)4-5-11(12)14(16,17)18/h4-5,8-9,19H,3,6-7H2,1-2H3,(H,20,21). The Balaban J connectivity index is 2.63. The molecule has 2 N–H and O–H groups in total. The molecule has 0 saturated carbocycles. The molecule has 21 heavy (non-hydrogen) atoms. The van der Waals surface area contributed by atoms with Gasteiger partial charge in [-0.2, -0.15) is 13.2 Å². The Labute approximate surface area is 130 Å². The minimum absolute atomic E-state index is 0.0341. The molecule has 1 atom stereocenters. The molecule has 0 aromatic heterocycles. The molecule has 1 aromatic carbocycles. The lowest BCUT2D eigenvalue weighted by atomic mass is 10.1. The molecule has 0 spiro atoms. The minimum Gasteiger partial charge on any atom is -0.384 e. The predicted molar refractivity (Wildman–Crippen MR) is 80.1 cm³/mol. The monoisotopic (exact) mass is 366 g/mol. The summed E-state index contributed by atoms with van der Waals surface area (Å²) in [6.45, 7) is 3.96. The molecule has 0 radical (unpaired) electrons. The van der Waals surface area contributed by atoms with E-state index in [0.29, 0.717) is 4.47 Å². The number of nitrogens with one attached hydrogen (secondary N) is 2. The van der Waals surface area contributed by atoms with Gasteiger partial charge in [-0.3, -0.25) is 4.79 Å². The number of amides is 1. The second kappa shape index (κ2) is 7.68. The molecule has 0 fully saturated rings. The van der Waals surface area contributed by atoms with Crippen molar-refractivity contribution in [1.82, 2.24) is 5.32 Å². The van der Waals surface area contributed by atoms with Gasteiger partial charge in [0.25, 0.3) is 0 Å². The Kier molecular flexibility index (Phi) is 6.51. The average Bonchev–Trinajstić information content (AvgIpc) is 2.37. The summed E-state index contributed by atoms with van der Waals surface area (Å²) in [6, 6.07) is 3.76. The number of benzene rings is 1.